The first kappa shape index (κ1) is 40.1. The van der Waals surface area contributed by atoms with E-state index in [0.29, 0.717) is 9.49 Å². The van der Waals surface area contributed by atoms with E-state index in [9.17, 15) is 19.2 Å². The fourth-order valence-electron chi connectivity index (χ4n) is 1.26. The third-order valence-electron chi connectivity index (χ3n) is 2.55. The molecule has 0 saturated carbocycles. The minimum Gasteiger partial charge on any atom is -0.503 e. The molecule has 193 valence electrons. The van der Waals surface area contributed by atoms with Crippen LogP contribution in [0.15, 0.2) is 0 Å². The predicted octanol–water partition coefficient (Wildman–Crippen LogP) is 4.87. The number of carboxylic acid groups (broad SMARTS) is 4. The van der Waals surface area contributed by atoms with Crippen molar-refractivity contribution in [2.24, 2.45) is 5.92 Å². The van der Waals surface area contributed by atoms with Crippen molar-refractivity contribution >= 4 is 59.2 Å². The predicted molar refractivity (Wildman–Crippen MR) is 134 cm³/mol. The Morgan fingerprint density at radius 1 is 0.697 bits per heavy atom. The van der Waals surface area contributed by atoms with Gasteiger partial charge in [-0.15, -0.1) is 5.75 Å². The van der Waals surface area contributed by atoms with Gasteiger partial charge < -0.3 is 32.2 Å². The van der Waals surface area contributed by atoms with Gasteiger partial charge in [-0.2, -0.15) is 29.9 Å². The zero-order chi connectivity index (χ0) is 26.3. The molecular formula is C21H38O8S3Y-2. The maximum absolute atomic E-state index is 10.5. The molecule has 0 unspecified atom stereocenters. The fraction of sp³-hybridized carbons (Fsp3) is 0.714. The number of thioether (sulfide) groups is 3. The summed E-state index contributed by atoms with van der Waals surface area (Å²) in [5.74, 6) is -3.16. The van der Waals surface area contributed by atoms with Crippen LogP contribution in [0.1, 0.15) is 62.3 Å². The van der Waals surface area contributed by atoms with Crippen LogP contribution in [0.3, 0.4) is 0 Å². The van der Waals surface area contributed by atoms with Gasteiger partial charge in [-0.05, 0) is 4.75 Å². The Balaban J connectivity index is -0.000000196. The number of hydrogen-bond acceptors (Lipinski definition) is 7. The summed E-state index contributed by atoms with van der Waals surface area (Å²) in [4.78, 5) is 39.7. The van der Waals surface area contributed by atoms with Gasteiger partial charge in [0.25, 0.3) is 0 Å². The maximum Gasteiger partial charge on any atom is 0.318 e. The largest absolute Gasteiger partial charge is 0.503 e. The molecule has 0 aromatic rings. The van der Waals surface area contributed by atoms with Gasteiger partial charge in [0, 0.05) is 48.0 Å². The fourth-order valence-corrected chi connectivity index (χ4v) is 3.75. The Hall–Kier alpha value is -0.0961. The van der Waals surface area contributed by atoms with Crippen LogP contribution in [0.4, 0.5) is 0 Å². The standard InChI is InChI=1S/C10H21S2.C8H14O4S.C3H3O4.Y/c1-9(2,3)11-7-8-12-10(4,5)6;1-8(2,3)13-4-5(6(9)10)7(11)12;4-2(5)1-3(6)7;/h7H,8H2,1-6H3;5H,4H2,1-3H3,(H,9,10)(H,11,12);1H,(H,4,5)(H,6,7);/q-1;;-1;. The van der Waals surface area contributed by atoms with E-state index >= 15 is 0 Å². The molecule has 0 aliphatic carbocycles. The van der Waals surface area contributed by atoms with Crippen molar-refractivity contribution < 1.29 is 72.3 Å². The second-order valence-electron chi connectivity index (χ2n) is 9.29. The van der Waals surface area contributed by atoms with Crippen molar-refractivity contribution in [1.29, 1.82) is 0 Å². The third kappa shape index (κ3) is 39.4. The van der Waals surface area contributed by atoms with Crippen LogP contribution in [0, 0.1) is 18.1 Å². The molecule has 4 N–H and O–H groups in total. The second-order valence-corrected chi connectivity index (χ2v) is 14.8. The van der Waals surface area contributed by atoms with E-state index in [2.05, 4.69) is 47.3 Å². The quantitative estimate of drug-likeness (QED) is 0.162. The molecule has 1 radical (unpaired) electrons. The molecular weight excluding hydrogens is 565 g/mol. The van der Waals surface area contributed by atoms with E-state index in [0.717, 1.165) is 5.75 Å². The van der Waals surface area contributed by atoms with Crippen molar-refractivity contribution in [2.75, 3.05) is 11.5 Å². The monoisotopic (exact) mass is 603 g/mol. The van der Waals surface area contributed by atoms with Gasteiger partial charge >= 0.3 is 11.9 Å². The molecule has 0 aliphatic heterocycles. The molecule has 8 nitrogen and oxygen atoms in total. The summed E-state index contributed by atoms with van der Waals surface area (Å²) < 4.78 is 0.663. The molecule has 12 heteroatoms. The maximum atomic E-state index is 10.5. The van der Waals surface area contributed by atoms with Crippen LogP contribution in [0.25, 0.3) is 0 Å². The van der Waals surface area contributed by atoms with E-state index in [1.54, 1.807) is 0 Å². The van der Waals surface area contributed by atoms with Gasteiger partial charge in [0.15, 0.2) is 17.9 Å². The average Bonchev–Trinajstić information content (AvgIpc) is 2.48. The van der Waals surface area contributed by atoms with Crippen LogP contribution in [0.5, 0.6) is 0 Å². The molecule has 0 aromatic carbocycles. The minimum atomic E-state index is -1.44. The Bertz CT molecular complexity index is 552. The zero-order valence-electron chi connectivity index (χ0n) is 20.9. The van der Waals surface area contributed by atoms with Gasteiger partial charge in [-0.3, -0.25) is 24.9 Å². The number of rotatable bonds is 9. The van der Waals surface area contributed by atoms with Crippen molar-refractivity contribution in [3.05, 3.63) is 12.2 Å². The van der Waals surface area contributed by atoms with Crippen LogP contribution < -0.4 is 0 Å². The minimum absolute atomic E-state index is 0. The van der Waals surface area contributed by atoms with E-state index in [-0.39, 0.29) is 49.6 Å². The Morgan fingerprint density at radius 2 is 1.06 bits per heavy atom. The molecule has 0 saturated heterocycles. The molecule has 0 bridgehead atoms. The van der Waals surface area contributed by atoms with Crippen LogP contribution in [0.2, 0.25) is 0 Å². The molecule has 0 aliphatic rings. The molecule has 0 spiro atoms. The summed E-state index contributed by atoms with van der Waals surface area (Å²) in [7, 11) is 0. The SMILES string of the molecule is CC(C)(C)SCC(C(=O)O)C(=O)O.CC(C)(C)S[CH-]CSC(C)(C)C.O=C(O)[CH-]C(=O)O.[Y]. The van der Waals surface area contributed by atoms with Crippen LogP contribution >= 0.6 is 35.3 Å². The molecule has 0 amide bonds. The summed E-state index contributed by atoms with van der Waals surface area (Å²) in [6.07, 6.45) is 0.167. The molecule has 0 atom stereocenters. The van der Waals surface area contributed by atoms with Gasteiger partial charge in [-0.1, -0.05) is 62.3 Å². The third-order valence-corrected chi connectivity index (χ3v) is 6.36. The van der Waals surface area contributed by atoms with Gasteiger partial charge in [-0.25, -0.2) is 0 Å². The zero-order valence-corrected chi connectivity index (χ0v) is 26.2. The Kier molecular flexibility index (Phi) is 23.2. The number of carbonyl (C=O) groups is 4. The number of hydrogen-bond donors (Lipinski definition) is 4. The number of carboxylic acids is 4. The van der Waals surface area contributed by atoms with Gasteiger partial charge in [0.05, 0.1) is 0 Å². The summed E-state index contributed by atoms with van der Waals surface area (Å²) in [6.45, 7) is 19.3. The van der Waals surface area contributed by atoms with Crippen LogP contribution in [-0.4, -0.2) is 70.1 Å². The van der Waals surface area contributed by atoms with Gasteiger partial charge in [0.2, 0.25) is 0 Å². The topological polar surface area (TPSA) is 149 Å². The second kappa shape index (κ2) is 19.1. The molecule has 0 aromatic heterocycles. The van der Waals surface area contributed by atoms with Crippen molar-refractivity contribution in [2.45, 2.75) is 76.6 Å². The first-order valence-electron chi connectivity index (χ1n) is 9.61. The van der Waals surface area contributed by atoms with Crippen molar-refractivity contribution in [3.63, 3.8) is 0 Å². The molecule has 33 heavy (non-hydrogen) atoms. The van der Waals surface area contributed by atoms with Gasteiger partial charge in [0.1, 0.15) is 0 Å². The van der Waals surface area contributed by atoms with E-state index in [4.69, 9.17) is 20.4 Å². The molecule has 0 fully saturated rings. The Morgan fingerprint density at radius 3 is 1.27 bits per heavy atom. The average molecular weight is 604 g/mol. The van der Waals surface area contributed by atoms with E-state index in [1.807, 2.05) is 44.3 Å². The summed E-state index contributed by atoms with van der Waals surface area (Å²) in [5.41, 5.74) is 0. The van der Waals surface area contributed by atoms with E-state index in [1.165, 1.54) is 11.8 Å². The Labute approximate surface area is 236 Å². The number of aliphatic carboxylic acids is 4. The summed E-state index contributed by atoms with van der Waals surface area (Å²) >= 11 is 5.26. The van der Waals surface area contributed by atoms with Crippen molar-refractivity contribution in [3.8, 4) is 0 Å². The normalized spacial score (nSPS) is 11.1. The van der Waals surface area contributed by atoms with Crippen LogP contribution in [-0.2, 0) is 51.9 Å². The molecule has 0 rings (SSSR count). The van der Waals surface area contributed by atoms with E-state index < -0.39 is 29.8 Å². The molecule has 0 heterocycles. The first-order valence-corrected chi connectivity index (χ1v) is 12.5. The summed E-state index contributed by atoms with van der Waals surface area (Å²) in [5, 5.41) is 32.4. The first-order chi connectivity index (χ1) is 14.1. The summed E-state index contributed by atoms with van der Waals surface area (Å²) in [6, 6.07) is 0. The smallest absolute Gasteiger partial charge is 0.318 e. The van der Waals surface area contributed by atoms with Crippen molar-refractivity contribution in [1.82, 2.24) is 0 Å².